The summed E-state index contributed by atoms with van der Waals surface area (Å²) in [5.74, 6) is 1.08. The third kappa shape index (κ3) is 4.36. The Morgan fingerprint density at radius 3 is 2.68 bits per heavy atom. The molecule has 1 saturated heterocycles. The minimum Gasteiger partial charge on any atom is -0.457 e. The predicted octanol–water partition coefficient (Wildman–Crippen LogP) is 3.62. The van der Waals surface area contributed by atoms with E-state index in [1.165, 1.54) is 12.1 Å². The van der Waals surface area contributed by atoms with Gasteiger partial charge in [-0.1, -0.05) is 12.1 Å². The van der Waals surface area contributed by atoms with Crippen molar-refractivity contribution in [3.05, 3.63) is 72.3 Å². The molecule has 2 heterocycles. The van der Waals surface area contributed by atoms with Crippen molar-refractivity contribution in [2.45, 2.75) is 25.3 Å². The third-order valence-corrected chi connectivity index (χ3v) is 4.85. The number of nitrogens with zero attached hydrogens (tertiary/aromatic N) is 4. The summed E-state index contributed by atoms with van der Waals surface area (Å²) in [5.41, 5.74) is 1.03. The van der Waals surface area contributed by atoms with Gasteiger partial charge in [0.05, 0.1) is 18.4 Å². The fourth-order valence-corrected chi connectivity index (χ4v) is 3.38. The van der Waals surface area contributed by atoms with Crippen LogP contribution in [0.3, 0.4) is 0 Å². The van der Waals surface area contributed by atoms with Gasteiger partial charge in [0.15, 0.2) is 0 Å². The van der Waals surface area contributed by atoms with E-state index in [-0.39, 0.29) is 17.8 Å². The summed E-state index contributed by atoms with van der Waals surface area (Å²) in [7, 11) is 0. The molecular formula is C21H21FN4O2. The van der Waals surface area contributed by atoms with Crippen molar-refractivity contribution in [1.82, 2.24) is 19.9 Å². The van der Waals surface area contributed by atoms with E-state index >= 15 is 0 Å². The van der Waals surface area contributed by atoms with Gasteiger partial charge in [0.1, 0.15) is 17.3 Å². The van der Waals surface area contributed by atoms with E-state index in [4.69, 9.17) is 4.74 Å². The van der Waals surface area contributed by atoms with Crippen LogP contribution >= 0.6 is 0 Å². The summed E-state index contributed by atoms with van der Waals surface area (Å²) in [5, 5.41) is 8.33. The molecule has 1 fully saturated rings. The zero-order valence-electron chi connectivity index (χ0n) is 15.4. The number of ether oxygens (including phenoxy) is 1. The van der Waals surface area contributed by atoms with Crippen molar-refractivity contribution in [3.8, 4) is 11.5 Å². The summed E-state index contributed by atoms with van der Waals surface area (Å²) in [6.07, 6.45) is 5.28. The Bertz CT molecular complexity index is 928. The molecule has 1 aromatic heterocycles. The number of benzene rings is 2. The van der Waals surface area contributed by atoms with Gasteiger partial charge in [-0.2, -0.15) is 15.0 Å². The highest BCUT2D eigenvalue weighted by molar-refractivity contribution is 5.76. The number of hydrogen-bond donors (Lipinski definition) is 0. The van der Waals surface area contributed by atoms with Crippen molar-refractivity contribution in [1.29, 1.82) is 0 Å². The lowest BCUT2D eigenvalue weighted by molar-refractivity contribution is -0.130. The van der Waals surface area contributed by atoms with Crippen LogP contribution in [0, 0.1) is 5.82 Å². The molecule has 144 valence electrons. The van der Waals surface area contributed by atoms with Crippen LogP contribution in [-0.4, -0.2) is 38.9 Å². The number of likely N-dealkylation sites (tertiary alicyclic amines) is 1. The standard InChI is InChI=1S/C21H21FN4O2/c22-17-5-7-19(8-6-17)28-20-3-1-2-16(14-20)4-9-21(27)25-13-10-18(15-25)26-23-11-12-24-26/h1-3,5-8,11-12,14,18H,4,9-10,13,15H2. The molecule has 1 amide bonds. The fourth-order valence-electron chi connectivity index (χ4n) is 3.38. The first kappa shape index (κ1) is 18.2. The number of aromatic nitrogens is 3. The Morgan fingerprint density at radius 2 is 1.89 bits per heavy atom. The zero-order valence-corrected chi connectivity index (χ0v) is 15.4. The Labute approximate surface area is 162 Å². The minimum absolute atomic E-state index is 0.138. The lowest BCUT2D eigenvalue weighted by Crippen LogP contribution is -2.29. The summed E-state index contributed by atoms with van der Waals surface area (Å²) < 4.78 is 18.8. The van der Waals surface area contributed by atoms with Crippen LogP contribution in [0.2, 0.25) is 0 Å². The molecule has 28 heavy (non-hydrogen) atoms. The van der Waals surface area contributed by atoms with E-state index in [1.807, 2.05) is 29.2 Å². The van der Waals surface area contributed by atoms with Gasteiger partial charge in [0.2, 0.25) is 5.91 Å². The van der Waals surface area contributed by atoms with E-state index in [9.17, 15) is 9.18 Å². The Kier molecular flexibility index (Phi) is 5.32. The average Bonchev–Trinajstić information content (AvgIpc) is 3.40. The normalized spacial score (nSPS) is 16.3. The van der Waals surface area contributed by atoms with E-state index in [1.54, 1.807) is 29.3 Å². The Balaban J connectivity index is 1.31. The summed E-state index contributed by atoms with van der Waals surface area (Å²) >= 11 is 0. The van der Waals surface area contributed by atoms with E-state index in [2.05, 4.69) is 10.2 Å². The summed E-state index contributed by atoms with van der Waals surface area (Å²) in [6, 6.07) is 13.7. The first-order chi connectivity index (χ1) is 13.7. The first-order valence-electron chi connectivity index (χ1n) is 9.33. The van der Waals surface area contributed by atoms with Gasteiger partial charge >= 0.3 is 0 Å². The number of aryl methyl sites for hydroxylation is 1. The van der Waals surface area contributed by atoms with Crippen LogP contribution in [0.25, 0.3) is 0 Å². The monoisotopic (exact) mass is 380 g/mol. The molecule has 1 unspecified atom stereocenters. The lowest BCUT2D eigenvalue weighted by atomic mass is 10.1. The molecule has 1 aliphatic heterocycles. The topological polar surface area (TPSA) is 60.2 Å². The van der Waals surface area contributed by atoms with E-state index in [0.29, 0.717) is 30.9 Å². The number of rotatable bonds is 6. The van der Waals surface area contributed by atoms with Gasteiger partial charge in [0.25, 0.3) is 0 Å². The first-order valence-corrected chi connectivity index (χ1v) is 9.33. The highest BCUT2D eigenvalue weighted by Crippen LogP contribution is 2.24. The van der Waals surface area contributed by atoms with Crippen molar-refractivity contribution < 1.29 is 13.9 Å². The molecule has 3 aromatic rings. The molecule has 6 nitrogen and oxygen atoms in total. The third-order valence-electron chi connectivity index (χ3n) is 4.85. The van der Waals surface area contributed by atoms with Crippen LogP contribution in [-0.2, 0) is 11.2 Å². The second kappa shape index (κ2) is 8.21. The SMILES string of the molecule is O=C(CCc1cccc(Oc2ccc(F)cc2)c1)N1CCC(n2nccn2)C1. The maximum absolute atomic E-state index is 13.0. The molecule has 0 saturated carbocycles. The van der Waals surface area contributed by atoms with E-state index in [0.717, 1.165) is 18.5 Å². The van der Waals surface area contributed by atoms with Crippen LogP contribution in [0.4, 0.5) is 4.39 Å². The number of carbonyl (C=O) groups excluding carboxylic acids is 1. The Hall–Kier alpha value is -3.22. The molecule has 0 radical (unpaired) electrons. The van der Waals surface area contributed by atoms with Gasteiger partial charge in [-0.3, -0.25) is 4.79 Å². The van der Waals surface area contributed by atoms with Gasteiger partial charge in [0, 0.05) is 19.5 Å². The van der Waals surface area contributed by atoms with Crippen LogP contribution in [0.1, 0.15) is 24.4 Å². The summed E-state index contributed by atoms with van der Waals surface area (Å²) in [4.78, 5) is 16.1. The van der Waals surface area contributed by atoms with Crippen molar-refractivity contribution in [2.24, 2.45) is 0 Å². The molecule has 2 aromatic carbocycles. The van der Waals surface area contributed by atoms with Crippen molar-refractivity contribution in [3.63, 3.8) is 0 Å². The highest BCUT2D eigenvalue weighted by Gasteiger charge is 2.27. The number of amides is 1. The largest absolute Gasteiger partial charge is 0.457 e. The molecule has 4 rings (SSSR count). The Morgan fingerprint density at radius 1 is 1.11 bits per heavy atom. The summed E-state index contributed by atoms with van der Waals surface area (Å²) in [6.45, 7) is 1.39. The number of halogens is 1. The molecule has 0 aliphatic carbocycles. The highest BCUT2D eigenvalue weighted by atomic mass is 19.1. The predicted molar refractivity (Wildman–Crippen MR) is 101 cm³/mol. The molecule has 1 atom stereocenters. The maximum Gasteiger partial charge on any atom is 0.222 e. The van der Waals surface area contributed by atoms with Crippen LogP contribution in [0.15, 0.2) is 60.9 Å². The van der Waals surface area contributed by atoms with Gasteiger partial charge < -0.3 is 9.64 Å². The maximum atomic E-state index is 13.0. The quantitative estimate of drug-likeness (QED) is 0.655. The average molecular weight is 380 g/mol. The molecule has 0 spiro atoms. The minimum atomic E-state index is -0.299. The molecular weight excluding hydrogens is 359 g/mol. The molecule has 1 aliphatic rings. The van der Waals surface area contributed by atoms with Crippen LogP contribution in [0.5, 0.6) is 11.5 Å². The van der Waals surface area contributed by atoms with E-state index < -0.39 is 0 Å². The lowest BCUT2D eigenvalue weighted by Gasteiger charge is -2.16. The smallest absolute Gasteiger partial charge is 0.222 e. The van der Waals surface area contributed by atoms with Crippen molar-refractivity contribution >= 4 is 5.91 Å². The van der Waals surface area contributed by atoms with Crippen molar-refractivity contribution in [2.75, 3.05) is 13.1 Å². The number of hydrogen-bond acceptors (Lipinski definition) is 4. The van der Waals surface area contributed by atoms with Crippen LogP contribution < -0.4 is 4.74 Å². The van der Waals surface area contributed by atoms with Gasteiger partial charge in [-0.25, -0.2) is 4.39 Å². The molecule has 0 N–H and O–H groups in total. The second-order valence-electron chi connectivity index (χ2n) is 6.84. The zero-order chi connectivity index (χ0) is 19.3. The second-order valence-corrected chi connectivity index (χ2v) is 6.84. The number of carbonyl (C=O) groups is 1. The fraction of sp³-hybridized carbons (Fsp3) is 0.286. The van der Waals surface area contributed by atoms with Gasteiger partial charge in [-0.15, -0.1) is 0 Å². The van der Waals surface area contributed by atoms with Gasteiger partial charge in [-0.05, 0) is 54.8 Å². The molecule has 7 heteroatoms. The molecule has 0 bridgehead atoms.